The van der Waals surface area contributed by atoms with Gasteiger partial charge in [-0.3, -0.25) is 9.59 Å². The molecule has 0 saturated heterocycles. The molecule has 0 aliphatic heterocycles. The van der Waals surface area contributed by atoms with Crippen molar-refractivity contribution in [2.24, 2.45) is 5.92 Å². The van der Waals surface area contributed by atoms with Crippen LogP contribution in [-0.4, -0.2) is 45.4 Å². The first kappa shape index (κ1) is 28.2. The van der Waals surface area contributed by atoms with Crippen LogP contribution in [0.15, 0.2) is 66.0 Å². The van der Waals surface area contributed by atoms with E-state index in [9.17, 15) is 14.0 Å². The van der Waals surface area contributed by atoms with Gasteiger partial charge in [0.25, 0.3) is 0 Å². The van der Waals surface area contributed by atoms with Crippen LogP contribution in [0, 0.1) is 5.92 Å². The summed E-state index contributed by atoms with van der Waals surface area (Å²) < 4.78 is 19.3. The fourth-order valence-electron chi connectivity index (χ4n) is 4.29. The molecule has 2 heterocycles. The van der Waals surface area contributed by atoms with Gasteiger partial charge in [0.15, 0.2) is 5.82 Å². The van der Waals surface area contributed by atoms with Crippen LogP contribution in [0.3, 0.4) is 0 Å². The number of hydrogen-bond acceptors (Lipinski definition) is 8. The highest BCUT2D eigenvalue weighted by Gasteiger charge is 2.25. The molecule has 2 N–H and O–H groups in total. The van der Waals surface area contributed by atoms with Crippen LogP contribution < -0.4 is 10.6 Å². The summed E-state index contributed by atoms with van der Waals surface area (Å²) in [6, 6.07) is 13.1. The van der Waals surface area contributed by atoms with Crippen LogP contribution in [0.1, 0.15) is 42.5 Å². The number of carbonyl (C=O) groups excluding carboxylic acids is 2. The summed E-state index contributed by atoms with van der Waals surface area (Å²) in [4.78, 5) is 24.6. The van der Waals surface area contributed by atoms with Crippen LogP contribution in [0.4, 0.5) is 15.3 Å². The van der Waals surface area contributed by atoms with E-state index in [1.807, 2.05) is 49.4 Å². The monoisotopic (exact) mass is 550 g/mol. The van der Waals surface area contributed by atoms with Crippen molar-refractivity contribution in [2.45, 2.75) is 51.6 Å². The predicted octanol–water partition coefficient (Wildman–Crippen LogP) is 4.85. The number of benzene rings is 1. The molecule has 1 aromatic carbocycles. The number of ether oxygens (including phenoxy) is 1. The highest BCUT2D eigenvalue weighted by Crippen LogP contribution is 2.28. The molecule has 2 aromatic heterocycles. The van der Waals surface area contributed by atoms with Crippen LogP contribution in [0.25, 0.3) is 0 Å². The molecule has 3 aromatic rings. The molecule has 204 valence electrons. The Balaban J connectivity index is 1.15. The van der Waals surface area contributed by atoms with E-state index < -0.39 is 6.10 Å². The van der Waals surface area contributed by atoms with E-state index >= 15 is 0 Å². The zero-order valence-corrected chi connectivity index (χ0v) is 22.7. The molecule has 39 heavy (non-hydrogen) atoms. The topological polar surface area (TPSA) is 119 Å². The Kier molecular flexibility index (Phi) is 9.98. The highest BCUT2D eigenvalue weighted by atomic mass is 32.1. The molecule has 0 fully saturated rings. The van der Waals surface area contributed by atoms with Crippen molar-refractivity contribution in [3.05, 3.63) is 82.3 Å². The number of methoxy groups -OCH3 is 1. The number of halogens is 1. The molecule has 0 bridgehead atoms. The summed E-state index contributed by atoms with van der Waals surface area (Å²) in [5, 5.41) is 23.3. The van der Waals surface area contributed by atoms with Gasteiger partial charge < -0.3 is 15.4 Å². The minimum atomic E-state index is -0.605. The molecular weight excluding hydrogens is 519 g/mol. The lowest BCUT2D eigenvalue weighted by molar-refractivity contribution is -0.116. The zero-order valence-electron chi connectivity index (χ0n) is 21.9. The largest absolute Gasteiger partial charge is 0.374 e. The molecule has 4 rings (SSSR count). The second-order valence-electron chi connectivity index (χ2n) is 9.34. The minimum Gasteiger partial charge on any atom is -0.374 e. The number of amides is 2. The van der Waals surface area contributed by atoms with Crippen molar-refractivity contribution in [3.8, 4) is 0 Å². The quantitative estimate of drug-likeness (QED) is 0.310. The molecular formula is C28H31FN6O3S. The van der Waals surface area contributed by atoms with Gasteiger partial charge in [0.05, 0.1) is 18.5 Å². The van der Waals surface area contributed by atoms with Gasteiger partial charge in [-0.05, 0) is 48.6 Å². The number of aromatic nitrogens is 4. The van der Waals surface area contributed by atoms with Gasteiger partial charge in [-0.1, -0.05) is 54.7 Å². The fourth-order valence-corrected chi connectivity index (χ4v) is 5.08. The number of allylic oxidation sites excluding steroid dienone is 1. The van der Waals surface area contributed by atoms with E-state index in [4.69, 9.17) is 4.74 Å². The van der Waals surface area contributed by atoms with Crippen molar-refractivity contribution in [1.29, 1.82) is 0 Å². The smallest absolute Gasteiger partial charge is 0.230 e. The van der Waals surface area contributed by atoms with Crippen molar-refractivity contribution in [2.75, 3.05) is 17.7 Å². The number of aryl methyl sites for hydroxylation is 2. The third-order valence-electron chi connectivity index (χ3n) is 6.15. The summed E-state index contributed by atoms with van der Waals surface area (Å²) >= 11 is 1.33. The first-order valence-corrected chi connectivity index (χ1v) is 13.6. The lowest BCUT2D eigenvalue weighted by Gasteiger charge is -2.23. The number of hydrogen-bond donors (Lipinski definition) is 2. The number of rotatable bonds is 12. The van der Waals surface area contributed by atoms with Crippen molar-refractivity contribution in [3.63, 3.8) is 0 Å². The number of nitrogens with zero attached hydrogens (tertiary/aromatic N) is 4. The number of unbranched alkanes of at least 4 members (excludes halogenated alkanes) is 1. The highest BCUT2D eigenvalue weighted by molar-refractivity contribution is 7.15. The van der Waals surface area contributed by atoms with Gasteiger partial charge >= 0.3 is 0 Å². The Morgan fingerprint density at radius 2 is 1.72 bits per heavy atom. The van der Waals surface area contributed by atoms with Gasteiger partial charge in [-0.25, -0.2) is 4.39 Å². The molecule has 0 radical (unpaired) electrons. The summed E-state index contributed by atoms with van der Waals surface area (Å²) in [5.74, 6) is -0.499. The van der Waals surface area contributed by atoms with E-state index in [0.717, 1.165) is 41.9 Å². The van der Waals surface area contributed by atoms with Crippen LogP contribution in [0.2, 0.25) is 0 Å². The normalized spacial score (nSPS) is 16.8. The molecule has 11 heteroatoms. The summed E-state index contributed by atoms with van der Waals surface area (Å²) in [7, 11) is 1.47. The Bertz CT molecular complexity index is 1330. The lowest BCUT2D eigenvalue weighted by Crippen LogP contribution is -2.23. The molecule has 0 saturated carbocycles. The van der Waals surface area contributed by atoms with Gasteiger partial charge in [0.1, 0.15) is 16.9 Å². The average molecular weight is 551 g/mol. The predicted molar refractivity (Wildman–Crippen MR) is 148 cm³/mol. The molecule has 9 nitrogen and oxygen atoms in total. The van der Waals surface area contributed by atoms with Gasteiger partial charge in [0.2, 0.25) is 16.9 Å². The first-order valence-electron chi connectivity index (χ1n) is 12.8. The Hall–Kier alpha value is -3.83. The second kappa shape index (κ2) is 13.8. The fraction of sp³-hybridized carbons (Fsp3) is 0.357. The number of anilines is 2. The summed E-state index contributed by atoms with van der Waals surface area (Å²) in [6.07, 6.45) is 6.16. The van der Waals surface area contributed by atoms with E-state index in [1.165, 1.54) is 24.5 Å². The number of nitrogens with one attached hydrogen (secondary N) is 2. The van der Waals surface area contributed by atoms with Gasteiger partial charge in [-0.15, -0.1) is 15.3 Å². The molecule has 2 atom stereocenters. The van der Waals surface area contributed by atoms with E-state index in [1.54, 1.807) is 6.07 Å². The van der Waals surface area contributed by atoms with Crippen molar-refractivity contribution >= 4 is 34.1 Å². The maximum absolute atomic E-state index is 14.1. The maximum Gasteiger partial charge on any atom is 0.230 e. The Labute approximate surface area is 230 Å². The molecule has 1 aliphatic rings. The Morgan fingerprint density at radius 1 is 0.949 bits per heavy atom. The van der Waals surface area contributed by atoms with E-state index in [-0.39, 0.29) is 36.4 Å². The number of carbonyl (C=O) groups is 2. The molecule has 1 aliphatic carbocycles. The SMILES string of the molecule is COC1C(F)=CC(CC(=O)Nc2nnc(CCCCc3ccc(NC(=O)Cc4ccccc4)nn3)s2)=CC1C. The van der Waals surface area contributed by atoms with E-state index in [2.05, 4.69) is 31.0 Å². The second-order valence-corrected chi connectivity index (χ2v) is 10.4. The van der Waals surface area contributed by atoms with Gasteiger partial charge in [0, 0.05) is 19.4 Å². The first-order chi connectivity index (χ1) is 18.9. The van der Waals surface area contributed by atoms with E-state index in [0.29, 0.717) is 16.5 Å². The average Bonchev–Trinajstić information content (AvgIpc) is 3.34. The summed E-state index contributed by atoms with van der Waals surface area (Å²) in [6.45, 7) is 1.85. The Morgan fingerprint density at radius 3 is 2.44 bits per heavy atom. The third kappa shape index (κ3) is 8.59. The zero-order chi connectivity index (χ0) is 27.6. The molecule has 2 unspecified atom stereocenters. The molecule has 2 amide bonds. The maximum atomic E-state index is 14.1. The summed E-state index contributed by atoms with van der Waals surface area (Å²) in [5.41, 5.74) is 2.39. The van der Waals surface area contributed by atoms with Crippen LogP contribution >= 0.6 is 11.3 Å². The van der Waals surface area contributed by atoms with Crippen LogP contribution in [-0.2, 0) is 33.6 Å². The van der Waals surface area contributed by atoms with Crippen molar-refractivity contribution in [1.82, 2.24) is 20.4 Å². The standard InChI is InChI=1S/C28H31FN6O3S/c1-18-14-20(15-22(29)27(18)38-2)17-25(37)31-28-35-34-26(39-28)11-7-6-10-21-12-13-23(33-32-21)30-24(36)16-19-8-4-3-5-9-19/h3-5,8-9,12-15,18,27H,6-7,10-11,16-17H2,1-2H3,(H,30,33,36)(H,31,35,37). The van der Waals surface area contributed by atoms with Gasteiger partial charge in [-0.2, -0.15) is 5.10 Å². The third-order valence-corrected chi connectivity index (χ3v) is 7.05. The lowest BCUT2D eigenvalue weighted by atomic mass is 9.92. The van der Waals surface area contributed by atoms with Crippen molar-refractivity contribution < 1.29 is 18.7 Å². The molecule has 0 spiro atoms. The minimum absolute atomic E-state index is 0.0552. The van der Waals surface area contributed by atoms with Crippen LogP contribution in [0.5, 0.6) is 0 Å².